The lowest BCUT2D eigenvalue weighted by atomic mass is 11.0. The molecule has 0 bridgehead atoms. The Morgan fingerprint density at radius 1 is 1.67 bits per heavy atom. The van der Waals surface area contributed by atoms with Crippen LogP contribution in [-0.4, -0.2) is 26.0 Å². The van der Waals surface area contributed by atoms with E-state index in [1.165, 1.54) is 6.33 Å². The minimum absolute atomic E-state index is 0.802. The number of tetrazole rings is 1. The molecule has 50 valence electrons. The monoisotopic (exact) mass is 144 g/mol. The summed E-state index contributed by atoms with van der Waals surface area (Å²) in [4.78, 5) is 1.56. The van der Waals surface area contributed by atoms with Crippen molar-refractivity contribution in [2.75, 3.05) is 5.75 Å². The molecule has 5 heteroatoms. The van der Waals surface area contributed by atoms with Crippen molar-refractivity contribution >= 4 is 11.8 Å². The zero-order valence-electron chi connectivity index (χ0n) is 5.19. The topological polar surface area (TPSA) is 43.6 Å². The third-order valence-electron chi connectivity index (χ3n) is 0.802. The van der Waals surface area contributed by atoms with Crippen molar-refractivity contribution in [3.8, 4) is 0 Å². The van der Waals surface area contributed by atoms with Gasteiger partial charge in [-0.1, -0.05) is 6.92 Å². The summed E-state index contributed by atoms with van der Waals surface area (Å²) in [6.07, 6.45) is 1.44. The van der Waals surface area contributed by atoms with Gasteiger partial charge in [-0.05, 0) is 11.0 Å². The molecule has 0 atom stereocenters. The van der Waals surface area contributed by atoms with Crippen LogP contribution in [-0.2, 0) is 5.88 Å². The standard InChI is InChI=1S/C4H8N4S/c1-2-9-4-8-6-3-5-7-8/h3H,2,4H2,1H3. The Kier molecular flexibility index (Phi) is 2.50. The van der Waals surface area contributed by atoms with Crippen LogP contribution in [0.25, 0.3) is 0 Å². The van der Waals surface area contributed by atoms with Crippen LogP contribution in [0.4, 0.5) is 0 Å². The molecule has 1 aromatic rings. The van der Waals surface area contributed by atoms with Crippen molar-refractivity contribution in [1.29, 1.82) is 0 Å². The van der Waals surface area contributed by atoms with E-state index < -0.39 is 0 Å². The average Bonchev–Trinajstić information content (AvgIpc) is 2.34. The highest BCUT2D eigenvalue weighted by Gasteiger charge is 1.88. The van der Waals surface area contributed by atoms with Gasteiger partial charge in [-0.25, -0.2) is 0 Å². The highest BCUT2D eigenvalue weighted by Crippen LogP contribution is 1.98. The van der Waals surface area contributed by atoms with E-state index in [-0.39, 0.29) is 0 Å². The van der Waals surface area contributed by atoms with Crippen LogP contribution in [0.2, 0.25) is 0 Å². The molecule has 0 radical (unpaired) electrons. The van der Waals surface area contributed by atoms with Gasteiger partial charge in [0.25, 0.3) is 0 Å². The highest BCUT2D eigenvalue weighted by atomic mass is 32.2. The normalized spacial score (nSPS) is 9.89. The van der Waals surface area contributed by atoms with Gasteiger partial charge in [0.1, 0.15) is 5.88 Å². The lowest BCUT2D eigenvalue weighted by Crippen LogP contribution is -1.98. The maximum absolute atomic E-state index is 3.83. The smallest absolute Gasteiger partial charge is 0.154 e. The van der Waals surface area contributed by atoms with E-state index in [4.69, 9.17) is 0 Å². The molecule has 0 saturated heterocycles. The number of hydrogen-bond donors (Lipinski definition) is 0. The van der Waals surface area contributed by atoms with Crippen molar-refractivity contribution in [3.05, 3.63) is 6.33 Å². The molecule has 0 aromatic carbocycles. The van der Waals surface area contributed by atoms with E-state index in [0.717, 1.165) is 11.6 Å². The van der Waals surface area contributed by atoms with Gasteiger partial charge in [0, 0.05) is 0 Å². The van der Waals surface area contributed by atoms with Crippen LogP contribution in [0.1, 0.15) is 6.92 Å². The summed E-state index contributed by atoms with van der Waals surface area (Å²) in [6, 6.07) is 0. The molecule has 0 amide bonds. The number of aromatic nitrogens is 4. The molecule has 9 heavy (non-hydrogen) atoms. The molecular formula is C4H8N4S. The summed E-state index contributed by atoms with van der Waals surface area (Å²) in [5.74, 6) is 1.89. The van der Waals surface area contributed by atoms with Gasteiger partial charge in [-0.2, -0.15) is 4.80 Å². The predicted molar refractivity (Wildman–Crippen MR) is 35.9 cm³/mol. The van der Waals surface area contributed by atoms with Gasteiger partial charge in [0.2, 0.25) is 0 Å². The molecule has 0 saturated carbocycles. The molecule has 0 unspecified atom stereocenters. The summed E-state index contributed by atoms with van der Waals surface area (Å²) >= 11 is 1.76. The van der Waals surface area contributed by atoms with Crippen molar-refractivity contribution in [2.24, 2.45) is 0 Å². The van der Waals surface area contributed by atoms with E-state index in [1.807, 2.05) is 0 Å². The van der Waals surface area contributed by atoms with E-state index in [0.29, 0.717) is 0 Å². The SMILES string of the molecule is CCSCn1ncnn1. The van der Waals surface area contributed by atoms with Crippen molar-refractivity contribution in [1.82, 2.24) is 20.2 Å². The largest absolute Gasteiger partial charge is 0.162 e. The Hall–Kier alpha value is -0.580. The lowest BCUT2D eigenvalue weighted by Gasteiger charge is -1.92. The van der Waals surface area contributed by atoms with E-state index in [2.05, 4.69) is 22.3 Å². The summed E-state index contributed by atoms with van der Waals surface area (Å²) in [7, 11) is 0. The second kappa shape index (κ2) is 3.45. The number of thioether (sulfide) groups is 1. The molecule has 1 heterocycles. The Bertz CT molecular complexity index is 150. The Labute approximate surface area is 57.6 Å². The van der Waals surface area contributed by atoms with Gasteiger partial charge in [0.05, 0.1) is 0 Å². The van der Waals surface area contributed by atoms with Crippen molar-refractivity contribution < 1.29 is 0 Å². The van der Waals surface area contributed by atoms with Crippen LogP contribution in [0.5, 0.6) is 0 Å². The van der Waals surface area contributed by atoms with Gasteiger partial charge in [0.15, 0.2) is 6.33 Å². The molecule has 0 aliphatic carbocycles. The second-order valence-corrected chi connectivity index (χ2v) is 2.67. The first-order valence-electron chi connectivity index (χ1n) is 2.72. The number of rotatable bonds is 3. The Morgan fingerprint density at radius 2 is 2.56 bits per heavy atom. The fourth-order valence-corrected chi connectivity index (χ4v) is 0.885. The molecule has 0 aliphatic rings. The Morgan fingerprint density at radius 3 is 3.11 bits per heavy atom. The van der Waals surface area contributed by atoms with Gasteiger partial charge in [-0.15, -0.1) is 22.0 Å². The maximum Gasteiger partial charge on any atom is 0.162 e. The van der Waals surface area contributed by atoms with Crippen LogP contribution in [0.15, 0.2) is 6.33 Å². The van der Waals surface area contributed by atoms with Crippen molar-refractivity contribution in [3.63, 3.8) is 0 Å². The molecule has 0 spiro atoms. The highest BCUT2D eigenvalue weighted by molar-refractivity contribution is 7.98. The fraction of sp³-hybridized carbons (Fsp3) is 0.750. The minimum atomic E-state index is 0.802. The first kappa shape index (κ1) is 6.54. The predicted octanol–water partition coefficient (Wildman–Crippen LogP) is 0.384. The van der Waals surface area contributed by atoms with Crippen LogP contribution in [0.3, 0.4) is 0 Å². The summed E-state index contributed by atoms with van der Waals surface area (Å²) < 4.78 is 0. The third kappa shape index (κ3) is 2.01. The molecule has 1 aromatic heterocycles. The molecule has 1 rings (SSSR count). The Balaban J connectivity index is 2.30. The number of nitrogens with zero attached hydrogens (tertiary/aromatic N) is 4. The third-order valence-corrected chi connectivity index (χ3v) is 1.62. The van der Waals surface area contributed by atoms with Crippen LogP contribution < -0.4 is 0 Å². The summed E-state index contributed by atoms with van der Waals surface area (Å²) in [5, 5.41) is 11.1. The lowest BCUT2D eigenvalue weighted by molar-refractivity contribution is 0.618. The summed E-state index contributed by atoms with van der Waals surface area (Å²) in [5.41, 5.74) is 0. The van der Waals surface area contributed by atoms with E-state index in [9.17, 15) is 0 Å². The molecular weight excluding hydrogens is 136 g/mol. The molecule has 0 N–H and O–H groups in total. The zero-order valence-corrected chi connectivity index (χ0v) is 6.01. The second-order valence-electron chi connectivity index (χ2n) is 1.43. The first-order chi connectivity index (χ1) is 4.43. The van der Waals surface area contributed by atoms with E-state index in [1.54, 1.807) is 16.6 Å². The fourth-order valence-electron chi connectivity index (χ4n) is 0.421. The van der Waals surface area contributed by atoms with Crippen LogP contribution in [0, 0.1) is 0 Å². The van der Waals surface area contributed by atoms with E-state index >= 15 is 0 Å². The maximum atomic E-state index is 3.83. The first-order valence-corrected chi connectivity index (χ1v) is 3.87. The number of hydrogen-bond acceptors (Lipinski definition) is 4. The van der Waals surface area contributed by atoms with Crippen LogP contribution >= 0.6 is 11.8 Å². The molecule has 0 fully saturated rings. The quantitative estimate of drug-likeness (QED) is 0.615. The minimum Gasteiger partial charge on any atom is -0.154 e. The average molecular weight is 144 g/mol. The van der Waals surface area contributed by atoms with Gasteiger partial charge < -0.3 is 0 Å². The zero-order chi connectivity index (χ0) is 6.53. The van der Waals surface area contributed by atoms with Gasteiger partial charge in [-0.3, -0.25) is 0 Å². The van der Waals surface area contributed by atoms with Gasteiger partial charge >= 0.3 is 0 Å². The van der Waals surface area contributed by atoms with Crippen molar-refractivity contribution in [2.45, 2.75) is 12.8 Å². The summed E-state index contributed by atoms with van der Waals surface area (Å²) in [6.45, 7) is 2.10. The molecule has 4 nitrogen and oxygen atoms in total. The molecule has 0 aliphatic heterocycles.